The summed E-state index contributed by atoms with van der Waals surface area (Å²) in [4.78, 5) is 0. The van der Waals surface area contributed by atoms with Crippen LogP contribution in [0.3, 0.4) is 0 Å². The van der Waals surface area contributed by atoms with Crippen LogP contribution in [0.5, 0.6) is 0 Å². The highest BCUT2D eigenvalue weighted by Gasteiger charge is 2.12. The van der Waals surface area contributed by atoms with E-state index in [1.54, 1.807) is 0 Å². The highest BCUT2D eigenvalue weighted by Crippen LogP contribution is 1.79. The normalized spacial score (nSPS) is 9.38. The number of rotatable bonds is 4. The molecule has 48 valence electrons. The highest BCUT2D eigenvalue weighted by atomic mass is 16.7. The van der Waals surface area contributed by atoms with Gasteiger partial charge in [-0.3, -0.25) is 0 Å². The van der Waals surface area contributed by atoms with Gasteiger partial charge in [-0.2, -0.15) is 0 Å². The lowest BCUT2D eigenvalue weighted by Crippen LogP contribution is -2.23. The number of aliphatic hydroxyl groups is 2. The monoisotopic (exact) mass is 122 g/mol. The van der Waals surface area contributed by atoms with Crippen LogP contribution in [0.25, 0.3) is 0 Å². The zero-order valence-electron chi connectivity index (χ0n) is 4.15. The Kier molecular flexibility index (Phi) is 4.93. The molecule has 0 aliphatic heterocycles. The molecular weight excluding hydrogens is 115 g/mol. The molecule has 0 bridgehead atoms. The molecule has 5 nitrogen and oxygen atoms in total. The van der Waals surface area contributed by atoms with Gasteiger partial charge in [0.15, 0.2) is 0 Å². The van der Waals surface area contributed by atoms with Gasteiger partial charge in [0.05, 0.1) is 0 Å². The van der Waals surface area contributed by atoms with Crippen molar-refractivity contribution < 1.29 is 24.5 Å². The van der Waals surface area contributed by atoms with E-state index in [4.69, 9.17) is 15.2 Å². The molecule has 0 aliphatic rings. The summed E-state index contributed by atoms with van der Waals surface area (Å²) in [6.07, 6.45) is 0. The van der Waals surface area contributed by atoms with Crippen molar-refractivity contribution in [1.29, 1.82) is 0 Å². The molecule has 0 spiro atoms. The van der Waals surface area contributed by atoms with Gasteiger partial charge in [-0.1, -0.05) is 0 Å². The molecule has 8 heavy (non-hydrogen) atoms. The quantitative estimate of drug-likeness (QED) is 0.294. The van der Waals surface area contributed by atoms with Crippen LogP contribution >= 0.6 is 0 Å². The maximum Gasteiger partial charge on any atom is 0.640 e. The van der Waals surface area contributed by atoms with Gasteiger partial charge in [-0.15, -0.1) is 0 Å². The first-order chi connectivity index (χ1) is 3.81. The van der Waals surface area contributed by atoms with E-state index in [2.05, 4.69) is 9.31 Å². The van der Waals surface area contributed by atoms with Crippen LogP contribution in [0.2, 0.25) is 0 Å². The first-order valence-electron chi connectivity index (χ1n) is 1.94. The molecule has 0 aromatic rings. The molecule has 0 radical (unpaired) electrons. The van der Waals surface area contributed by atoms with Crippen LogP contribution < -0.4 is 0 Å². The average Bonchev–Trinajstić information content (AvgIpc) is 1.68. The van der Waals surface area contributed by atoms with E-state index in [1.165, 1.54) is 0 Å². The molecule has 0 heterocycles. The zero-order valence-corrected chi connectivity index (χ0v) is 4.15. The summed E-state index contributed by atoms with van der Waals surface area (Å²) in [5.41, 5.74) is 0. The SMILES string of the molecule is OCOB(O)OCO. The largest absolute Gasteiger partial charge is 0.640 e. The van der Waals surface area contributed by atoms with Crippen LogP contribution in [0, 0.1) is 0 Å². The molecule has 0 aliphatic carbocycles. The summed E-state index contributed by atoms with van der Waals surface area (Å²) in [7, 11) is -1.54. The van der Waals surface area contributed by atoms with E-state index >= 15 is 0 Å². The smallest absolute Gasteiger partial charge is 0.401 e. The Hall–Kier alpha value is -0.135. The Morgan fingerprint density at radius 1 is 1.12 bits per heavy atom. The third-order valence-electron chi connectivity index (χ3n) is 0.434. The molecule has 0 aromatic carbocycles. The van der Waals surface area contributed by atoms with Crippen molar-refractivity contribution in [3.63, 3.8) is 0 Å². The van der Waals surface area contributed by atoms with Gasteiger partial charge in [0.25, 0.3) is 0 Å². The van der Waals surface area contributed by atoms with Gasteiger partial charge < -0.3 is 24.5 Å². The third kappa shape index (κ3) is 4.04. The zero-order chi connectivity index (χ0) is 6.41. The first-order valence-corrected chi connectivity index (χ1v) is 1.94. The summed E-state index contributed by atoms with van der Waals surface area (Å²) in [6, 6.07) is 0. The molecule has 0 saturated carbocycles. The lowest BCUT2D eigenvalue weighted by Gasteiger charge is -2.00. The van der Waals surface area contributed by atoms with Gasteiger partial charge in [-0.25, -0.2) is 0 Å². The van der Waals surface area contributed by atoms with Crippen LogP contribution in [-0.4, -0.2) is 36.1 Å². The molecule has 3 N–H and O–H groups in total. The molecule has 0 aromatic heterocycles. The summed E-state index contributed by atoms with van der Waals surface area (Å²) in [5, 5.41) is 24.1. The van der Waals surface area contributed by atoms with Crippen LogP contribution in [0.1, 0.15) is 0 Å². The number of hydrogen-bond donors (Lipinski definition) is 3. The van der Waals surface area contributed by atoms with Crippen LogP contribution in [-0.2, 0) is 9.31 Å². The molecule has 6 heteroatoms. The van der Waals surface area contributed by atoms with Crippen molar-refractivity contribution in [2.24, 2.45) is 0 Å². The Morgan fingerprint density at radius 3 is 1.75 bits per heavy atom. The molecule has 0 amide bonds. The van der Waals surface area contributed by atoms with E-state index in [9.17, 15) is 0 Å². The van der Waals surface area contributed by atoms with E-state index in [-0.39, 0.29) is 0 Å². The summed E-state index contributed by atoms with van der Waals surface area (Å²) >= 11 is 0. The topological polar surface area (TPSA) is 79.2 Å². The molecule has 0 unspecified atom stereocenters. The van der Waals surface area contributed by atoms with E-state index in [0.717, 1.165) is 0 Å². The van der Waals surface area contributed by atoms with Crippen LogP contribution in [0.4, 0.5) is 0 Å². The van der Waals surface area contributed by atoms with Gasteiger partial charge in [0, 0.05) is 0 Å². The van der Waals surface area contributed by atoms with Crippen molar-refractivity contribution in [2.75, 3.05) is 13.6 Å². The Morgan fingerprint density at radius 2 is 1.50 bits per heavy atom. The van der Waals surface area contributed by atoms with Crippen molar-refractivity contribution in [1.82, 2.24) is 0 Å². The fraction of sp³-hybridized carbons (Fsp3) is 1.00. The van der Waals surface area contributed by atoms with Crippen LogP contribution in [0.15, 0.2) is 0 Å². The molecule has 0 rings (SSSR count). The van der Waals surface area contributed by atoms with Crippen molar-refractivity contribution >= 4 is 7.32 Å². The summed E-state index contributed by atoms with van der Waals surface area (Å²) in [6.45, 7) is -1.28. The second kappa shape index (κ2) is 5.01. The summed E-state index contributed by atoms with van der Waals surface area (Å²) in [5.74, 6) is 0. The minimum Gasteiger partial charge on any atom is -0.401 e. The minimum atomic E-state index is -1.54. The van der Waals surface area contributed by atoms with Crippen molar-refractivity contribution in [3.05, 3.63) is 0 Å². The Bertz CT molecular complexity index is 43.7. The molecule has 0 fully saturated rings. The molecular formula is C2H7BO5. The van der Waals surface area contributed by atoms with Gasteiger partial charge in [0.1, 0.15) is 13.6 Å². The highest BCUT2D eigenvalue weighted by molar-refractivity contribution is 6.34. The van der Waals surface area contributed by atoms with Gasteiger partial charge in [0.2, 0.25) is 0 Å². The van der Waals surface area contributed by atoms with E-state index in [0.29, 0.717) is 0 Å². The molecule has 0 atom stereocenters. The maximum atomic E-state index is 8.28. The van der Waals surface area contributed by atoms with E-state index in [1.807, 2.05) is 0 Å². The predicted molar refractivity (Wildman–Crippen MR) is 24.3 cm³/mol. The fourth-order valence-corrected chi connectivity index (χ4v) is 0.176. The third-order valence-corrected chi connectivity index (χ3v) is 0.434. The fourth-order valence-electron chi connectivity index (χ4n) is 0.176. The standard InChI is InChI=1S/C2H7BO5/c4-1-7-3(6)8-2-5/h4-6H,1-2H2. The minimum absolute atomic E-state index is 0.638. The second-order valence-corrected chi connectivity index (χ2v) is 0.899. The number of aliphatic hydroxyl groups excluding tert-OH is 2. The molecule has 0 saturated heterocycles. The maximum absolute atomic E-state index is 8.28. The lowest BCUT2D eigenvalue weighted by atomic mass is 10.2. The number of hydrogen-bond acceptors (Lipinski definition) is 5. The Labute approximate surface area is 46.6 Å². The van der Waals surface area contributed by atoms with E-state index < -0.39 is 20.9 Å². The van der Waals surface area contributed by atoms with Crippen molar-refractivity contribution in [3.8, 4) is 0 Å². The second-order valence-electron chi connectivity index (χ2n) is 0.899. The first kappa shape index (κ1) is 7.86. The van der Waals surface area contributed by atoms with Crippen molar-refractivity contribution in [2.45, 2.75) is 0 Å². The Balaban J connectivity index is 2.92. The predicted octanol–water partition coefficient (Wildman–Crippen LogP) is -2.10. The lowest BCUT2D eigenvalue weighted by molar-refractivity contribution is -0.000565. The summed E-state index contributed by atoms with van der Waals surface area (Å²) < 4.78 is 8.02. The van der Waals surface area contributed by atoms with Gasteiger partial charge in [-0.05, 0) is 0 Å². The van der Waals surface area contributed by atoms with Gasteiger partial charge >= 0.3 is 7.32 Å². The average molecular weight is 122 g/mol.